The van der Waals surface area contributed by atoms with Gasteiger partial charge in [-0.05, 0) is 24.5 Å². The van der Waals surface area contributed by atoms with E-state index in [1.807, 2.05) is 19.3 Å². The monoisotopic (exact) mass is 447 g/mol. The van der Waals surface area contributed by atoms with E-state index in [1.54, 1.807) is 30.2 Å². The van der Waals surface area contributed by atoms with E-state index in [2.05, 4.69) is 31.9 Å². The van der Waals surface area contributed by atoms with Crippen molar-refractivity contribution in [3.63, 3.8) is 0 Å². The summed E-state index contributed by atoms with van der Waals surface area (Å²) in [6.07, 6.45) is 9.70. The fourth-order valence-corrected chi connectivity index (χ4v) is 3.57. The van der Waals surface area contributed by atoms with E-state index in [4.69, 9.17) is 9.47 Å². The first-order valence-electron chi connectivity index (χ1n) is 10.2. The third kappa shape index (κ3) is 4.39. The Hall–Kier alpha value is -3.87. The van der Waals surface area contributed by atoms with E-state index in [1.165, 1.54) is 19.4 Å². The van der Waals surface area contributed by atoms with Crippen LogP contribution in [0.4, 0.5) is 4.39 Å². The molecule has 0 saturated carbocycles. The number of ether oxygens (including phenoxy) is 2. The second kappa shape index (κ2) is 9.32. The van der Waals surface area contributed by atoms with Crippen LogP contribution in [0, 0.1) is 17.7 Å². The number of nitrogens with zero attached hydrogens (tertiary/aromatic N) is 4. The predicted octanol–water partition coefficient (Wildman–Crippen LogP) is 3.61. The van der Waals surface area contributed by atoms with Crippen LogP contribution >= 0.6 is 0 Å². The van der Waals surface area contributed by atoms with Crippen molar-refractivity contribution in [2.75, 3.05) is 13.9 Å². The fourth-order valence-electron chi connectivity index (χ4n) is 3.57. The number of halogens is 1. The summed E-state index contributed by atoms with van der Waals surface area (Å²) in [6, 6.07) is 3.35. The predicted molar refractivity (Wildman–Crippen MR) is 120 cm³/mol. The highest BCUT2D eigenvalue weighted by molar-refractivity contribution is 6.16. The molecule has 0 aliphatic carbocycles. The first-order valence-corrected chi connectivity index (χ1v) is 10.2. The van der Waals surface area contributed by atoms with Crippen molar-refractivity contribution in [3.05, 3.63) is 66.3 Å². The van der Waals surface area contributed by atoms with Gasteiger partial charge in [0.15, 0.2) is 5.60 Å². The molecule has 0 radical (unpaired) electrons. The van der Waals surface area contributed by atoms with Crippen LogP contribution in [0.1, 0.15) is 29.3 Å². The molecule has 0 amide bonds. The van der Waals surface area contributed by atoms with Crippen LogP contribution in [0.5, 0.6) is 0 Å². The van der Waals surface area contributed by atoms with Crippen molar-refractivity contribution >= 4 is 16.8 Å². The Kier molecular flexibility index (Phi) is 6.31. The molecule has 0 aliphatic heterocycles. The Morgan fingerprint density at radius 1 is 1.30 bits per heavy atom. The third-order valence-electron chi connectivity index (χ3n) is 5.32. The van der Waals surface area contributed by atoms with Crippen LogP contribution in [0.3, 0.4) is 0 Å². The average molecular weight is 447 g/mol. The molecule has 1 N–H and O–H groups in total. The maximum atomic E-state index is 14.6. The zero-order chi connectivity index (χ0) is 23.4. The number of nitrogens with one attached hydrogen (secondary N) is 1. The normalized spacial score (nSPS) is 12.8. The standard InChI is InChI=1S/C24H22FN5O3/c1-4-24(33-15-32-3,20-6-8-26-13-21(20)25)7-5-22(31)19-12-28-23-18(19)9-16(10-27-23)17-11-29-30(2)14-17/h6,8-14H,4,15H2,1-3H3,(H,27,28). The van der Waals surface area contributed by atoms with Gasteiger partial charge < -0.3 is 14.5 Å². The van der Waals surface area contributed by atoms with Crippen LogP contribution in [0.25, 0.3) is 22.2 Å². The summed E-state index contributed by atoms with van der Waals surface area (Å²) in [4.78, 5) is 24.3. The van der Waals surface area contributed by atoms with E-state index >= 15 is 0 Å². The van der Waals surface area contributed by atoms with Crippen LogP contribution in [0.2, 0.25) is 0 Å². The van der Waals surface area contributed by atoms with Crippen molar-refractivity contribution in [1.29, 1.82) is 0 Å². The Bertz CT molecular complexity index is 1370. The lowest BCUT2D eigenvalue weighted by Crippen LogP contribution is -2.30. The van der Waals surface area contributed by atoms with E-state index in [9.17, 15) is 9.18 Å². The molecule has 9 heteroatoms. The highest BCUT2D eigenvalue weighted by atomic mass is 19.1. The number of pyridine rings is 2. The largest absolute Gasteiger partial charge is 0.359 e. The highest BCUT2D eigenvalue weighted by Gasteiger charge is 2.33. The van der Waals surface area contributed by atoms with Crippen molar-refractivity contribution in [3.8, 4) is 23.0 Å². The molecule has 0 saturated heterocycles. The molecule has 8 nitrogen and oxygen atoms in total. The molecule has 0 fully saturated rings. The van der Waals surface area contributed by atoms with Crippen molar-refractivity contribution in [1.82, 2.24) is 24.7 Å². The average Bonchev–Trinajstić information content (AvgIpc) is 3.46. The van der Waals surface area contributed by atoms with Gasteiger partial charge in [-0.2, -0.15) is 5.10 Å². The third-order valence-corrected chi connectivity index (χ3v) is 5.32. The number of carbonyl (C=O) groups excluding carboxylic acids is 1. The molecule has 0 aromatic carbocycles. The van der Waals surface area contributed by atoms with Crippen LogP contribution in [-0.4, -0.2) is 44.4 Å². The van der Waals surface area contributed by atoms with E-state index in [-0.39, 0.29) is 18.8 Å². The SMILES string of the molecule is CCC(C#CC(=O)c1c[nH]c2ncc(-c3cnn(C)c3)cc12)(OCOC)c1ccncc1F. The molecular weight excluding hydrogens is 425 g/mol. The molecular formula is C24H22FN5O3. The van der Waals surface area contributed by atoms with Gasteiger partial charge in [0.1, 0.15) is 18.3 Å². The quantitative estimate of drug-likeness (QED) is 0.201. The number of Topliss-reactive ketones (excluding diaryl/α,β-unsaturated/α-hetero) is 1. The summed E-state index contributed by atoms with van der Waals surface area (Å²) in [5.74, 6) is 4.49. The van der Waals surface area contributed by atoms with Gasteiger partial charge >= 0.3 is 0 Å². The van der Waals surface area contributed by atoms with Crippen molar-refractivity contribution in [2.45, 2.75) is 18.9 Å². The van der Waals surface area contributed by atoms with Crippen LogP contribution in [0.15, 0.2) is 49.3 Å². The van der Waals surface area contributed by atoms with Gasteiger partial charge in [-0.15, -0.1) is 0 Å². The van der Waals surface area contributed by atoms with Gasteiger partial charge in [-0.3, -0.25) is 14.5 Å². The summed E-state index contributed by atoms with van der Waals surface area (Å²) in [6.45, 7) is 1.68. The summed E-state index contributed by atoms with van der Waals surface area (Å²) in [5.41, 5.74) is 1.44. The minimum atomic E-state index is -1.37. The van der Waals surface area contributed by atoms with E-state index in [0.717, 1.165) is 17.3 Å². The molecule has 33 heavy (non-hydrogen) atoms. The summed E-state index contributed by atoms with van der Waals surface area (Å²) < 4.78 is 27.1. The number of H-pyrrole nitrogens is 1. The molecule has 4 rings (SSSR count). The number of carbonyl (C=O) groups is 1. The number of ketones is 1. The molecule has 4 heterocycles. The second-order valence-corrected chi connectivity index (χ2v) is 7.39. The van der Waals surface area contributed by atoms with Gasteiger partial charge in [-0.25, -0.2) is 9.37 Å². The molecule has 1 unspecified atom stereocenters. The lowest BCUT2D eigenvalue weighted by molar-refractivity contribution is -0.110. The summed E-state index contributed by atoms with van der Waals surface area (Å²) >= 11 is 0. The molecule has 0 spiro atoms. The molecule has 168 valence electrons. The Morgan fingerprint density at radius 3 is 2.85 bits per heavy atom. The number of aromatic amines is 1. The molecule has 0 bridgehead atoms. The smallest absolute Gasteiger partial charge is 0.238 e. The number of fused-ring (bicyclic) bond motifs is 1. The number of methoxy groups -OCH3 is 1. The summed E-state index contributed by atoms with van der Waals surface area (Å²) in [7, 11) is 3.29. The fraction of sp³-hybridized carbons (Fsp3) is 0.250. The number of aromatic nitrogens is 5. The maximum Gasteiger partial charge on any atom is 0.238 e. The van der Waals surface area contributed by atoms with Gasteiger partial charge in [0, 0.05) is 61.0 Å². The highest BCUT2D eigenvalue weighted by Crippen LogP contribution is 2.31. The Labute approximate surface area is 189 Å². The zero-order valence-electron chi connectivity index (χ0n) is 18.4. The topological polar surface area (TPSA) is 94.9 Å². The van der Waals surface area contributed by atoms with Crippen LogP contribution < -0.4 is 0 Å². The number of hydrogen-bond donors (Lipinski definition) is 1. The second-order valence-electron chi connectivity index (χ2n) is 7.39. The Balaban J connectivity index is 1.74. The molecule has 4 aromatic rings. The van der Waals surface area contributed by atoms with Gasteiger partial charge in [0.25, 0.3) is 0 Å². The Morgan fingerprint density at radius 2 is 2.15 bits per heavy atom. The maximum absolute atomic E-state index is 14.6. The first kappa shape index (κ1) is 22.3. The van der Waals surface area contributed by atoms with Crippen LogP contribution in [-0.2, 0) is 22.1 Å². The number of rotatable bonds is 7. The molecule has 4 aromatic heterocycles. The summed E-state index contributed by atoms with van der Waals surface area (Å²) in [5, 5.41) is 4.81. The number of aryl methyl sites for hydroxylation is 1. The van der Waals surface area contributed by atoms with Gasteiger partial charge in [-0.1, -0.05) is 12.8 Å². The number of hydrogen-bond acceptors (Lipinski definition) is 6. The van der Waals surface area contributed by atoms with E-state index in [0.29, 0.717) is 16.6 Å². The first-order chi connectivity index (χ1) is 16.0. The lowest BCUT2D eigenvalue weighted by Gasteiger charge is -2.27. The molecule has 1 atom stereocenters. The zero-order valence-corrected chi connectivity index (χ0v) is 18.4. The van der Waals surface area contributed by atoms with Crippen molar-refractivity contribution < 1.29 is 18.7 Å². The lowest BCUT2D eigenvalue weighted by atomic mass is 9.91. The van der Waals surface area contributed by atoms with Gasteiger partial charge in [0.2, 0.25) is 5.78 Å². The minimum absolute atomic E-state index is 0.121. The van der Waals surface area contributed by atoms with E-state index < -0.39 is 17.2 Å². The van der Waals surface area contributed by atoms with Crippen molar-refractivity contribution in [2.24, 2.45) is 7.05 Å². The minimum Gasteiger partial charge on any atom is -0.359 e. The molecule has 0 aliphatic rings. The van der Waals surface area contributed by atoms with Gasteiger partial charge in [0.05, 0.1) is 18.0 Å².